The number of aromatic nitrogens is 1. The summed E-state index contributed by atoms with van der Waals surface area (Å²) in [4.78, 5) is 2.53. The zero-order chi connectivity index (χ0) is 9.47. The van der Waals surface area contributed by atoms with Gasteiger partial charge in [-0.05, 0) is 32.9 Å². The Morgan fingerprint density at radius 1 is 1.23 bits per heavy atom. The van der Waals surface area contributed by atoms with Gasteiger partial charge in [0.15, 0.2) is 0 Å². The lowest BCUT2D eigenvalue weighted by Gasteiger charge is -2.38. The third kappa shape index (κ3) is 1.63. The first-order valence-corrected chi connectivity index (χ1v) is 4.96. The zero-order valence-corrected chi connectivity index (χ0v) is 8.75. The van der Waals surface area contributed by atoms with Crippen LogP contribution in [0.3, 0.4) is 0 Å². The Morgan fingerprint density at radius 2 is 2.00 bits per heavy atom. The summed E-state index contributed by atoms with van der Waals surface area (Å²) < 4.78 is 2.35. The number of hydrogen-bond donors (Lipinski definition) is 0. The van der Waals surface area contributed by atoms with Gasteiger partial charge in [-0.25, -0.2) is 0 Å². The fourth-order valence-electron chi connectivity index (χ4n) is 1.89. The second kappa shape index (κ2) is 2.88. The second-order valence-corrected chi connectivity index (χ2v) is 4.79. The summed E-state index contributed by atoms with van der Waals surface area (Å²) in [6.07, 6.45) is 2.18. The lowest BCUT2D eigenvalue weighted by molar-refractivity contribution is 0.103. The maximum absolute atomic E-state index is 2.53. The molecule has 1 aliphatic rings. The van der Waals surface area contributed by atoms with Crippen molar-refractivity contribution < 1.29 is 0 Å². The second-order valence-electron chi connectivity index (χ2n) is 4.79. The molecule has 0 aromatic carbocycles. The van der Waals surface area contributed by atoms with Gasteiger partial charge in [0.05, 0.1) is 0 Å². The summed E-state index contributed by atoms with van der Waals surface area (Å²) in [5.41, 5.74) is 1.75. The highest BCUT2D eigenvalue weighted by Crippen LogP contribution is 2.21. The molecule has 0 spiro atoms. The highest BCUT2D eigenvalue weighted by molar-refractivity contribution is 5.09. The van der Waals surface area contributed by atoms with Crippen LogP contribution < -0.4 is 0 Å². The van der Waals surface area contributed by atoms with E-state index in [0.29, 0.717) is 5.54 Å². The number of nitrogens with zero attached hydrogens (tertiary/aromatic N) is 2. The fourth-order valence-corrected chi connectivity index (χ4v) is 1.89. The molecular weight excluding hydrogens is 160 g/mol. The van der Waals surface area contributed by atoms with E-state index in [2.05, 4.69) is 48.6 Å². The first-order chi connectivity index (χ1) is 6.07. The average Bonchev–Trinajstić information content (AvgIpc) is 2.47. The molecule has 0 unspecified atom stereocenters. The first kappa shape index (κ1) is 8.82. The third-order valence-corrected chi connectivity index (χ3v) is 2.84. The van der Waals surface area contributed by atoms with Crippen molar-refractivity contribution in [1.29, 1.82) is 0 Å². The summed E-state index contributed by atoms with van der Waals surface area (Å²) in [6.45, 7) is 10.3. The molecule has 0 aliphatic carbocycles. The van der Waals surface area contributed by atoms with Gasteiger partial charge in [-0.2, -0.15) is 0 Å². The molecule has 0 amide bonds. The molecule has 0 saturated heterocycles. The van der Waals surface area contributed by atoms with Crippen LogP contribution in [0.15, 0.2) is 18.3 Å². The van der Waals surface area contributed by atoms with E-state index in [1.54, 1.807) is 0 Å². The molecule has 2 rings (SSSR count). The smallest absolute Gasteiger partial charge is 0.0393 e. The minimum atomic E-state index is 0.301. The quantitative estimate of drug-likeness (QED) is 0.590. The van der Waals surface area contributed by atoms with E-state index < -0.39 is 0 Å². The molecule has 0 N–H and O–H groups in total. The summed E-state index contributed by atoms with van der Waals surface area (Å²) in [6, 6.07) is 4.36. The minimum Gasteiger partial charge on any atom is -0.349 e. The van der Waals surface area contributed by atoms with E-state index in [0.717, 1.165) is 13.1 Å². The van der Waals surface area contributed by atoms with Crippen LogP contribution in [0, 0.1) is 0 Å². The first-order valence-electron chi connectivity index (χ1n) is 4.96. The van der Waals surface area contributed by atoms with Crippen molar-refractivity contribution in [3.8, 4) is 0 Å². The molecule has 0 fully saturated rings. The molecular formula is C11H18N2. The standard InChI is InChI=1S/C11H18N2/c1-11(2,3)13-8-7-12-6-4-5-10(12)9-13/h4-6H,7-9H2,1-3H3. The van der Waals surface area contributed by atoms with Crippen LogP contribution in [-0.2, 0) is 13.1 Å². The molecule has 2 heterocycles. The van der Waals surface area contributed by atoms with Gasteiger partial charge in [-0.15, -0.1) is 0 Å². The predicted molar refractivity (Wildman–Crippen MR) is 54.6 cm³/mol. The van der Waals surface area contributed by atoms with Crippen LogP contribution >= 0.6 is 0 Å². The summed E-state index contributed by atoms with van der Waals surface area (Å²) >= 11 is 0. The Kier molecular flexibility index (Phi) is 1.95. The normalized spacial score (nSPS) is 18.7. The van der Waals surface area contributed by atoms with Gasteiger partial charge in [0, 0.05) is 37.1 Å². The SMILES string of the molecule is CC(C)(C)N1CCn2cccc2C1. The average molecular weight is 178 g/mol. The Labute approximate surface area is 80.2 Å². The molecule has 1 aromatic heterocycles. The van der Waals surface area contributed by atoms with Crippen molar-refractivity contribution >= 4 is 0 Å². The number of hydrogen-bond acceptors (Lipinski definition) is 1. The van der Waals surface area contributed by atoms with E-state index in [-0.39, 0.29) is 0 Å². The van der Waals surface area contributed by atoms with Crippen molar-refractivity contribution in [2.24, 2.45) is 0 Å². The molecule has 0 radical (unpaired) electrons. The fraction of sp³-hybridized carbons (Fsp3) is 0.636. The summed E-state index contributed by atoms with van der Waals surface area (Å²) in [7, 11) is 0. The molecule has 0 saturated carbocycles. The largest absolute Gasteiger partial charge is 0.349 e. The number of rotatable bonds is 0. The molecule has 72 valence electrons. The van der Waals surface area contributed by atoms with Gasteiger partial charge in [0.2, 0.25) is 0 Å². The van der Waals surface area contributed by atoms with Gasteiger partial charge >= 0.3 is 0 Å². The van der Waals surface area contributed by atoms with Crippen LogP contribution in [-0.4, -0.2) is 21.6 Å². The van der Waals surface area contributed by atoms with Crippen LogP contribution in [0.2, 0.25) is 0 Å². The zero-order valence-electron chi connectivity index (χ0n) is 8.75. The minimum absolute atomic E-state index is 0.301. The lowest BCUT2D eigenvalue weighted by atomic mass is 10.0. The highest BCUT2D eigenvalue weighted by atomic mass is 15.2. The van der Waals surface area contributed by atoms with Crippen molar-refractivity contribution in [2.45, 2.75) is 39.4 Å². The monoisotopic (exact) mass is 178 g/mol. The van der Waals surface area contributed by atoms with Crippen LogP contribution in [0.4, 0.5) is 0 Å². The maximum Gasteiger partial charge on any atom is 0.0393 e. The Morgan fingerprint density at radius 3 is 2.69 bits per heavy atom. The van der Waals surface area contributed by atoms with E-state index in [4.69, 9.17) is 0 Å². The Bertz CT molecular complexity index is 293. The Hall–Kier alpha value is -0.760. The predicted octanol–water partition coefficient (Wildman–Crippen LogP) is 2.10. The third-order valence-electron chi connectivity index (χ3n) is 2.84. The topological polar surface area (TPSA) is 8.17 Å². The highest BCUT2D eigenvalue weighted by Gasteiger charge is 2.24. The maximum atomic E-state index is 2.53. The summed E-state index contributed by atoms with van der Waals surface area (Å²) in [5, 5.41) is 0. The molecule has 2 heteroatoms. The molecule has 1 aromatic rings. The van der Waals surface area contributed by atoms with E-state index in [1.807, 2.05) is 0 Å². The lowest BCUT2D eigenvalue weighted by Crippen LogP contribution is -2.45. The van der Waals surface area contributed by atoms with Crippen molar-refractivity contribution in [3.63, 3.8) is 0 Å². The van der Waals surface area contributed by atoms with Crippen LogP contribution in [0.1, 0.15) is 26.5 Å². The van der Waals surface area contributed by atoms with Crippen molar-refractivity contribution in [2.75, 3.05) is 6.54 Å². The van der Waals surface area contributed by atoms with Crippen LogP contribution in [0.25, 0.3) is 0 Å². The van der Waals surface area contributed by atoms with Gasteiger partial charge < -0.3 is 4.57 Å². The van der Waals surface area contributed by atoms with Gasteiger partial charge in [0.1, 0.15) is 0 Å². The van der Waals surface area contributed by atoms with E-state index >= 15 is 0 Å². The van der Waals surface area contributed by atoms with E-state index in [9.17, 15) is 0 Å². The molecule has 0 atom stereocenters. The van der Waals surface area contributed by atoms with Crippen LogP contribution in [0.5, 0.6) is 0 Å². The van der Waals surface area contributed by atoms with Gasteiger partial charge in [-0.1, -0.05) is 0 Å². The van der Waals surface area contributed by atoms with E-state index in [1.165, 1.54) is 12.2 Å². The van der Waals surface area contributed by atoms with Gasteiger partial charge in [-0.3, -0.25) is 4.90 Å². The van der Waals surface area contributed by atoms with Crippen molar-refractivity contribution in [3.05, 3.63) is 24.0 Å². The number of fused-ring (bicyclic) bond motifs is 1. The molecule has 0 bridgehead atoms. The Balaban J connectivity index is 2.18. The molecule has 13 heavy (non-hydrogen) atoms. The molecule has 1 aliphatic heterocycles. The van der Waals surface area contributed by atoms with Crippen molar-refractivity contribution in [1.82, 2.24) is 9.47 Å². The van der Waals surface area contributed by atoms with Gasteiger partial charge in [0.25, 0.3) is 0 Å². The molecule has 2 nitrogen and oxygen atoms in total. The summed E-state index contributed by atoms with van der Waals surface area (Å²) in [5.74, 6) is 0.